The fraction of sp³-hybridized carbons (Fsp3) is 0.316. The minimum atomic E-state index is 0.276. The average Bonchev–Trinajstić information content (AvgIpc) is 3.24. The van der Waals surface area contributed by atoms with Crippen LogP contribution in [0.3, 0.4) is 0 Å². The lowest BCUT2D eigenvalue weighted by atomic mass is 9.95. The molecule has 0 aliphatic carbocycles. The van der Waals surface area contributed by atoms with Gasteiger partial charge in [0.15, 0.2) is 5.82 Å². The topological polar surface area (TPSA) is 52.8 Å². The summed E-state index contributed by atoms with van der Waals surface area (Å²) in [6, 6.07) is 10.5. The number of ether oxygens (including phenoxy) is 1. The first kappa shape index (κ1) is 15.0. The van der Waals surface area contributed by atoms with Crippen molar-refractivity contribution in [3.05, 3.63) is 66.4 Å². The summed E-state index contributed by atoms with van der Waals surface area (Å²) in [5.74, 6) is 1.33. The molecule has 0 N–H and O–H groups in total. The van der Waals surface area contributed by atoms with Crippen LogP contribution >= 0.6 is 0 Å². The molecule has 2 atom stereocenters. The second-order valence-corrected chi connectivity index (χ2v) is 6.25. The number of rotatable bonds is 4. The standard InChI is InChI=1S/C19H20N4O/c1-14-3-2-4-17(22-14)19-21-9-10-23(19)18-13-24-12-16(18)11-15-5-7-20-8-6-15/h2-10,16,18H,11-13H2,1H3/t16-,18+/m0/s1. The highest BCUT2D eigenvalue weighted by molar-refractivity contribution is 5.50. The van der Waals surface area contributed by atoms with Gasteiger partial charge in [-0.2, -0.15) is 0 Å². The molecule has 0 saturated carbocycles. The van der Waals surface area contributed by atoms with Gasteiger partial charge in [-0.15, -0.1) is 0 Å². The molecule has 5 heteroatoms. The third-order valence-corrected chi connectivity index (χ3v) is 4.56. The molecule has 122 valence electrons. The van der Waals surface area contributed by atoms with Crippen LogP contribution in [0, 0.1) is 12.8 Å². The van der Waals surface area contributed by atoms with E-state index in [1.807, 2.05) is 49.9 Å². The van der Waals surface area contributed by atoms with E-state index in [-0.39, 0.29) is 6.04 Å². The zero-order chi connectivity index (χ0) is 16.4. The summed E-state index contributed by atoms with van der Waals surface area (Å²) in [6.45, 7) is 3.48. The Morgan fingerprint density at radius 3 is 2.83 bits per heavy atom. The van der Waals surface area contributed by atoms with E-state index >= 15 is 0 Å². The van der Waals surface area contributed by atoms with Crippen molar-refractivity contribution >= 4 is 0 Å². The van der Waals surface area contributed by atoms with Crippen LogP contribution in [0.5, 0.6) is 0 Å². The molecule has 1 saturated heterocycles. The summed E-state index contributed by atoms with van der Waals surface area (Å²) < 4.78 is 8.02. The third-order valence-electron chi connectivity index (χ3n) is 4.56. The lowest BCUT2D eigenvalue weighted by Gasteiger charge is -2.21. The fourth-order valence-electron chi connectivity index (χ4n) is 3.36. The van der Waals surface area contributed by atoms with Crippen molar-refractivity contribution < 1.29 is 4.74 Å². The van der Waals surface area contributed by atoms with Gasteiger partial charge in [0.05, 0.1) is 19.3 Å². The van der Waals surface area contributed by atoms with Gasteiger partial charge in [-0.1, -0.05) is 6.07 Å². The van der Waals surface area contributed by atoms with E-state index in [4.69, 9.17) is 4.74 Å². The summed E-state index contributed by atoms with van der Waals surface area (Å²) in [4.78, 5) is 13.3. The van der Waals surface area contributed by atoms with Crippen LogP contribution in [-0.4, -0.2) is 32.7 Å². The Balaban J connectivity index is 1.63. The Bertz CT molecular complexity index is 815. The maximum Gasteiger partial charge on any atom is 0.158 e. The van der Waals surface area contributed by atoms with Crippen LogP contribution in [0.15, 0.2) is 55.1 Å². The van der Waals surface area contributed by atoms with E-state index in [0.29, 0.717) is 12.5 Å². The summed E-state index contributed by atoms with van der Waals surface area (Å²) >= 11 is 0. The van der Waals surface area contributed by atoms with Gasteiger partial charge in [0.2, 0.25) is 0 Å². The van der Waals surface area contributed by atoms with Crippen LogP contribution in [0.25, 0.3) is 11.5 Å². The first-order valence-electron chi connectivity index (χ1n) is 8.25. The molecule has 0 radical (unpaired) electrons. The van der Waals surface area contributed by atoms with Gasteiger partial charge in [0, 0.05) is 36.4 Å². The number of nitrogens with zero attached hydrogens (tertiary/aromatic N) is 4. The average molecular weight is 320 g/mol. The minimum absolute atomic E-state index is 0.276. The highest BCUT2D eigenvalue weighted by Crippen LogP contribution is 2.32. The molecule has 5 nitrogen and oxygen atoms in total. The van der Waals surface area contributed by atoms with E-state index in [9.17, 15) is 0 Å². The quantitative estimate of drug-likeness (QED) is 0.741. The molecule has 3 aromatic heterocycles. The van der Waals surface area contributed by atoms with Crippen LogP contribution in [0.1, 0.15) is 17.3 Å². The molecule has 4 rings (SSSR count). The molecular weight excluding hydrogens is 300 g/mol. The van der Waals surface area contributed by atoms with Gasteiger partial charge >= 0.3 is 0 Å². The molecule has 0 aromatic carbocycles. The smallest absolute Gasteiger partial charge is 0.158 e. The van der Waals surface area contributed by atoms with Crippen molar-refractivity contribution in [2.75, 3.05) is 13.2 Å². The zero-order valence-corrected chi connectivity index (χ0v) is 13.7. The number of imidazole rings is 1. The van der Waals surface area contributed by atoms with E-state index in [1.54, 1.807) is 0 Å². The monoisotopic (exact) mass is 320 g/mol. The second kappa shape index (κ2) is 6.53. The Morgan fingerprint density at radius 1 is 1.12 bits per heavy atom. The molecule has 0 unspecified atom stereocenters. The highest BCUT2D eigenvalue weighted by Gasteiger charge is 2.31. The predicted octanol–water partition coefficient (Wildman–Crippen LogP) is 3.08. The number of aromatic nitrogens is 4. The molecule has 4 heterocycles. The van der Waals surface area contributed by atoms with Crippen LogP contribution in [0.2, 0.25) is 0 Å². The molecule has 1 aliphatic heterocycles. The van der Waals surface area contributed by atoms with Crippen LogP contribution in [0.4, 0.5) is 0 Å². The Hall–Kier alpha value is -2.53. The lowest BCUT2D eigenvalue weighted by Crippen LogP contribution is -2.20. The SMILES string of the molecule is Cc1cccc(-c2nccn2[C@@H]2COC[C@@H]2Cc2ccncc2)n1. The Morgan fingerprint density at radius 2 is 2.00 bits per heavy atom. The van der Waals surface area contributed by atoms with Gasteiger partial charge in [-0.25, -0.2) is 9.97 Å². The van der Waals surface area contributed by atoms with Gasteiger partial charge in [-0.3, -0.25) is 4.98 Å². The minimum Gasteiger partial charge on any atom is -0.379 e. The third kappa shape index (κ3) is 2.95. The molecule has 3 aromatic rings. The molecule has 0 spiro atoms. The highest BCUT2D eigenvalue weighted by atomic mass is 16.5. The summed E-state index contributed by atoms with van der Waals surface area (Å²) in [5, 5.41) is 0. The van der Waals surface area contributed by atoms with E-state index in [2.05, 4.69) is 31.7 Å². The van der Waals surface area contributed by atoms with Crippen molar-refractivity contribution in [2.24, 2.45) is 5.92 Å². The Labute approximate surface area is 141 Å². The fourth-order valence-corrected chi connectivity index (χ4v) is 3.36. The zero-order valence-electron chi connectivity index (χ0n) is 13.7. The van der Waals surface area contributed by atoms with E-state index in [1.165, 1.54) is 5.56 Å². The first-order chi connectivity index (χ1) is 11.8. The van der Waals surface area contributed by atoms with Crippen LogP contribution < -0.4 is 0 Å². The number of aryl methyl sites for hydroxylation is 1. The summed E-state index contributed by atoms with van der Waals surface area (Å²) in [6.07, 6.45) is 8.56. The van der Waals surface area contributed by atoms with Crippen molar-refractivity contribution in [1.29, 1.82) is 0 Å². The van der Waals surface area contributed by atoms with E-state index in [0.717, 1.165) is 30.2 Å². The number of pyridine rings is 2. The molecular formula is C19H20N4O. The van der Waals surface area contributed by atoms with Gasteiger partial charge in [-0.05, 0) is 43.2 Å². The summed E-state index contributed by atoms with van der Waals surface area (Å²) in [7, 11) is 0. The molecule has 24 heavy (non-hydrogen) atoms. The lowest BCUT2D eigenvalue weighted by molar-refractivity contribution is 0.181. The van der Waals surface area contributed by atoms with Crippen LogP contribution in [-0.2, 0) is 11.2 Å². The van der Waals surface area contributed by atoms with Crippen molar-refractivity contribution in [1.82, 2.24) is 19.5 Å². The van der Waals surface area contributed by atoms with Gasteiger partial charge in [0.1, 0.15) is 5.69 Å². The predicted molar refractivity (Wildman–Crippen MR) is 91.5 cm³/mol. The van der Waals surface area contributed by atoms with Gasteiger partial charge < -0.3 is 9.30 Å². The molecule has 0 bridgehead atoms. The molecule has 0 amide bonds. The maximum absolute atomic E-state index is 5.80. The van der Waals surface area contributed by atoms with Crippen molar-refractivity contribution in [2.45, 2.75) is 19.4 Å². The molecule has 1 aliphatic rings. The van der Waals surface area contributed by atoms with E-state index < -0.39 is 0 Å². The second-order valence-electron chi connectivity index (χ2n) is 6.25. The Kier molecular flexibility index (Phi) is 4.09. The van der Waals surface area contributed by atoms with Gasteiger partial charge in [0.25, 0.3) is 0 Å². The normalized spacial score (nSPS) is 20.4. The maximum atomic E-state index is 5.80. The first-order valence-corrected chi connectivity index (χ1v) is 8.25. The summed E-state index contributed by atoms with van der Waals surface area (Å²) in [5.41, 5.74) is 3.20. The van der Waals surface area contributed by atoms with Crippen molar-refractivity contribution in [3.8, 4) is 11.5 Å². The largest absolute Gasteiger partial charge is 0.379 e. The number of hydrogen-bond acceptors (Lipinski definition) is 4. The molecule has 1 fully saturated rings. The number of hydrogen-bond donors (Lipinski definition) is 0. The van der Waals surface area contributed by atoms with Crippen molar-refractivity contribution in [3.63, 3.8) is 0 Å².